The van der Waals surface area contributed by atoms with Crippen molar-refractivity contribution in [3.8, 4) is 12.0 Å². The van der Waals surface area contributed by atoms with E-state index < -0.39 is 47.7 Å². The van der Waals surface area contributed by atoms with Gasteiger partial charge in [-0.25, -0.2) is 4.79 Å². The molecular weight excluding hydrogens is 380 g/mol. The second-order valence-electron chi connectivity index (χ2n) is 6.49. The number of nitrogens with one attached hydrogen (secondary N) is 1. The summed E-state index contributed by atoms with van der Waals surface area (Å²) in [5.41, 5.74) is -1.24. The summed E-state index contributed by atoms with van der Waals surface area (Å²) in [6.07, 6.45) is -7.83. The Morgan fingerprint density at radius 3 is 2.30 bits per heavy atom. The fraction of sp³-hybridized carbons (Fsp3) is 0.500. The third-order valence-electron chi connectivity index (χ3n) is 4.84. The van der Waals surface area contributed by atoms with Gasteiger partial charge < -0.3 is 15.0 Å². The Labute approximate surface area is 149 Å². The molecule has 5 nitrogen and oxygen atoms in total. The second-order valence-corrected chi connectivity index (χ2v) is 6.49. The normalized spacial score (nSPS) is 24.6. The van der Waals surface area contributed by atoms with Crippen LogP contribution in [0.4, 0.5) is 36.8 Å². The second kappa shape index (κ2) is 6.51. The van der Waals surface area contributed by atoms with E-state index in [1.807, 2.05) is 0 Å². The first-order valence-electron chi connectivity index (χ1n) is 7.94. The fourth-order valence-corrected chi connectivity index (χ4v) is 3.63. The quantitative estimate of drug-likeness (QED) is 0.594. The number of fused-ring (bicyclic) bond motifs is 2. The molecule has 1 saturated carbocycles. The summed E-state index contributed by atoms with van der Waals surface area (Å²) in [7, 11) is 0. The minimum Gasteiger partial charge on any atom is -0.387 e. The van der Waals surface area contributed by atoms with Crippen LogP contribution in [0.2, 0.25) is 0 Å². The van der Waals surface area contributed by atoms with Crippen LogP contribution in [0.5, 0.6) is 5.75 Å². The largest absolute Gasteiger partial charge is 0.420 e. The molecule has 2 bridgehead atoms. The number of rotatable bonds is 2. The molecule has 2 atom stereocenters. The van der Waals surface area contributed by atoms with Crippen LogP contribution in [0, 0.1) is 17.4 Å². The molecule has 1 N–H and O–H groups in total. The van der Waals surface area contributed by atoms with Gasteiger partial charge in [0.15, 0.2) is 5.75 Å². The fourth-order valence-electron chi connectivity index (χ4n) is 3.63. The molecule has 0 aromatic heterocycles. The number of benzene rings is 1. The van der Waals surface area contributed by atoms with Crippen molar-refractivity contribution in [2.24, 2.45) is 5.92 Å². The van der Waals surface area contributed by atoms with Crippen LogP contribution in [0.3, 0.4) is 0 Å². The van der Waals surface area contributed by atoms with Crippen molar-refractivity contribution in [1.29, 1.82) is 5.26 Å². The van der Waals surface area contributed by atoms with E-state index in [9.17, 15) is 31.1 Å². The molecule has 11 heteroatoms. The third-order valence-corrected chi connectivity index (χ3v) is 4.84. The number of halogens is 6. The number of nitrogens with zero attached hydrogens (tertiary/aromatic N) is 2. The van der Waals surface area contributed by atoms with Crippen molar-refractivity contribution >= 4 is 11.7 Å². The number of hydrogen-bond acceptors (Lipinski definition) is 3. The lowest BCUT2D eigenvalue weighted by Gasteiger charge is -2.55. The van der Waals surface area contributed by atoms with Crippen molar-refractivity contribution in [1.82, 2.24) is 4.90 Å². The molecule has 0 radical (unpaired) electrons. The van der Waals surface area contributed by atoms with Crippen molar-refractivity contribution < 1.29 is 35.9 Å². The van der Waals surface area contributed by atoms with E-state index in [0.29, 0.717) is 12.5 Å². The van der Waals surface area contributed by atoms with Gasteiger partial charge in [-0.05, 0) is 31.4 Å². The molecule has 27 heavy (non-hydrogen) atoms. The lowest BCUT2D eigenvalue weighted by molar-refractivity contribution is -0.205. The Morgan fingerprint density at radius 2 is 1.78 bits per heavy atom. The topological polar surface area (TPSA) is 65.4 Å². The van der Waals surface area contributed by atoms with E-state index in [2.05, 4.69) is 10.1 Å². The maximum Gasteiger partial charge on any atom is 0.420 e. The molecule has 146 valence electrons. The number of carbonyl (C=O) groups is 1. The summed E-state index contributed by atoms with van der Waals surface area (Å²) in [5.74, 6) is -2.23. The number of piperidine rings is 1. The van der Waals surface area contributed by atoms with Gasteiger partial charge in [0.05, 0.1) is 11.5 Å². The van der Waals surface area contributed by atoms with Gasteiger partial charge in [0.1, 0.15) is 0 Å². The Morgan fingerprint density at radius 1 is 1.15 bits per heavy atom. The first-order valence-corrected chi connectivity index (χ1v) is 7.94. The van der Waals surface area contributed by atoms with Crippen LogP contribution in [0.25, 0.3) is 0 Å². The Balaban J connectivity index is 1.71. The molecule has 1 aromatic carbocycles. The lowest BCUT2D eigenvalue weighted by atomic mass is 9.73. The summed E-state index contributed by atoms with van der Waals surface area (Å²) < 4.78 is 81.3. The average Bonchev–Trinajstić information content (AvgIpc) is 2.53. The van der Waals surface area contributed by atoms with Gasteiger partial charge >= 0.3 is 18.4 Å². The molecule has 1 aliphatic carbocycles. The van der Waals surface area contributed by atoms with Crippen molar-refractivity contribution in [2.75, 3.05) is 5.32 Å². The summed E-state index contributed by atoms with van der Waals surface area (Å²) in [4.78, 5) is 13.6. The highest BCUT2D eigenvalue weighted by Gasteiger charge is 2.54. The van der Waals surface area contributed by atoms with Gasteiger partial charge in [0, 0.05) is 23.8 Å². The first-order chi connectivity index (χ1) is 12.5. The monoisotopic (exact) mass is 393 g/mol. The number of hydrogen-bond donors (Lipinski definition) is 1. The van der Waals surface area contributed by atoms with Gasteiger partial charge in [-0.15, -0.1) is 5.26 Å². The summed E-state index contributed by atoms with van der Waals surface area (Å²) in [6, 6.07) is 0.675. The molecule has 2 amide bonds. The highest BCUT2D eigenvalue weighted by molar-refractivity contribution is 5.90. The molecule has 1 saturated heterocycles. The zero-order valence-corrected chi connectivity index (χ0v) is 13.6. The number of carbonyl (C=O) groups excluding carboxylic acids is 1. The van der Waals surface area contributed by atoms with E-state index in [0.717, 1.165) is 18.4 Å². The van der Waals surface area contributed by atoms with E-state index >= 15 is 0 Å². The number of urea groups is 1. The van der Waals surface area contributed by atoms with Crippen LogP contribution < -0.4 is 10.1 Å². The summed E-state index contributed by atoms with van der Waals surface area (Å²) in [5, 5.41) is 10.8. The molecular formula is C16H13F6N3O2. The van der Waals surface area contributed by atoms with E-state index in [4.69, 9.17) is 5.26 Å². The molecule has 2 aliphatic rings. The predicted octanol–water partition coefficient (Wildman–Crippen LogP) is 4.51. The lowest BCUT2D eigenvalue weighted by Crippen LogP contribution is -2.65. The Bertz CT molecular complexity index is 774. The predicted molar refractivity (Wildman–Crippen MR) is 79.5 cm³/mol. The van der Waals surface area contributed by atoms with E-state index in [-0.39, 0.29) is 18.5 Å². The zero-order chi connectivity index (χ0) is 20.0. The van der Waals surface area contributed by atoms with Crippen LogP contribution in [0.1, 0.15) is 24.8 Å². The molecule has 3 rings (SSSR count). The van der Waals surface area contributed by atoms with Gasteiger partial charge in [-0.1, -0.05) is 0 Å². The molecule has 1 aliphatic heterocycles. The average molecular weight is 393 g/mol. The van der Waals surface area contributed by atoms with Crippen LogP contribution in [0.15, 0.2) is 18.2 Å². The standard InChI is InChI=1S/C16H13F6N3O2/c17-15(18,19)8-3-10-6-11(4-8)25(10)14(26)24-9-1-2-12(16(20,21)22)13(5-9)27-7-23/h1-2,5,8,10-11H,3-4,6H2,(H,24,26). The van der Waals surface area contributed by atoms with E-state index in [1.54, 1.807) is 0 Å². The van der Waals surface area contributed by atoms with Gasteiger partial charge in [-0.3, -0.25) is 0 Å². The van der Waals surface area contributed by atoms with Crippen molar-refractivity contribution in [3.05, 3.63) is 23.8 Å². The maximum atomic E-state index is 12.9. The van der Waals surface area contributed by atoms with Crippen molar-refractivity contribution in [3.63, 3.8) is 0 Å². The number of amides is 2. The molecule has 2 fully saturated rings. The molecule has 0 spiro atoms. The number of anilines is 1. The van der Waals surface area contributed by atoms with Crippen LogP contribution >= 0.6 is 0 Å². The number of likely N-dealkylation sites (tertiary alicyclic amines) is 1. The van der Waals surface area contributed by atoms with Crippen LogP contribution in [-0.4, -0.2) is 29.2 Å². The Kier molecular flexibility index (Phi) is 4.61. The SMILES string of the molecule is N#COc1cc(NC(=O)N2C3CC2CC(C(F)(F)F)C3)ccc1C(F)(F)F. The summed E-state index contributed by atoms with van der Waals surface area (Å²) in [6.45, 7) is 0. The number of ether oxygens (including phenoxy) is 1. The van der Waals surface area contributed by atoms with Crippen molar-refractivity contribution in [2.45, 2.75) is 43.7 Å². The van der Waals surface area contributed by atoms with Gasteiger partial charge in [0.25, 0.3) is 6.26 Å². The van der Waals surface area contributed by atoms with E-state index in [1.165, 1.54) is 4.90 Å². The van der Waals surface area contributed by atoms with Gasteiger partial charge in [-0.2, -0.15) is 26.3 Å². The minimum atomic E-state index is -4.75. The highest BCUT2D eigenvalue weighted by atomic mass is 19.4. The van der Waals surface area contributed by atoms with Crippen LogP contribution in [-0.2, 0) is 6.18 Å². The zero-order valence-electron chi connectivity index (χ0n) is 13.6. The molecule has 1 heterocycles. The van der Waals surface area contributed by atoms with Gasteiger partial charge in [0.2, 0.25) is 0 Å². The smallest absolute Gasteiger partial charge is 0.387 e. The first kappa shape index (κ1) is 19.1. The molecule has 2 unspecified atom stereocenters. The molecule has 1 aromatic rings. The number of alkyl halides is 6. The maximum absolute atomic E-state index is 12.9. The number of nitriles is 1. The summed E-state index contributed by atoms with van der Waals surface area (Å²) >= 11 is 0. The Hall–Kier alpha value is -2.64. The third kappa shape index (κ3) is 3.74. The highest BCUT2D eigenvalue weighted by Crippen LogP contribution is 2.47. The minimum absolute atomic E-state index is 0.0596.